The van der Waals surface area contributed by atoms with Crippen LogP contribution in [-0.2, 0) is 16.6 Å². The van der Waals surface area contributed by atoms with Gasteiger partial charge in [0.1, 0.15) is 18.3 Å². The molecule has 0 aliphatic heterocycles. The summed E-state index contributed by atoms with van der Waals surface area (Å²) in [5, 5.41) is 18.6. The third-order valence-corrected chi connectivity index (χ3v) is 6.04. The molecule has 1 atom stereocenters. The summed E-state index contributed by atoms with van der Waals surface area (Å²) in [5.41, 5.74) is 4.60. The molecule has 9 nitrogen and oxygen atoms in total. The first kappa shape index (κ1) is 24.0. The molecule has 1 aromatic heterocycles. The average molecular weight is 477 g/mol. The van der Waals surface area contributed by atoms with Crippen molar-refractivity contribution < 1.29 is 24.2 Å². The maximum atomic E-state index is 12.8. The second kappa shape index (κ2) is 10.0. The number of benzene rings is 2. The van der Waals surface area contributed by atoms with Crippen LogP contribution in [0.2, 0.25) is 0 Å². The number of fused-ring (bicyclic) bond motifs is 3. The van der Waals surface area contributed by atoms with Gasteiger partial charge in [0.05, 0.1) is 11.9 Å². The van der Waals surface area contributed by atoms with E-state index in [4.69, 9.17) is 4.74 Å². The third kappa shape index (κ3) is 5.03. The number of rotatable bonds is 8. The lowest BCUT2D eigenvalue weighted by Gasteiger charge is -2.17. The van der Waals surface area contributed by atoms with Gasteiger partial charge in [-0.25, -0.2) is 9.59 Å². The molecule has 2 aromatic carbocycles. The zero-order valence-electron chi connectivity index (χ0n) is 19.8. The van der Waals surface area contributed by atoms with Crippen LogP contribution in [0.3, 0.4) is 0 Å². The van der Waals surface area contributed by atoms with Crippen molar-refractivity contribution >= 4 is 23.7 Å². The van der Waals surface area contributed by atoms with E-state index in [2.05, 4.69) is 27.9 Å². The Labute approximate surface area is 203 Å². The van der Waals surface area contributed by atoms with Crippen LogP contribution < -0.4 is 10.6 Å². The van der Waals surface area contributed by atoms with Gasteiger partial charge in [-0.05, 0) is 34.6 Å². The molecule has 2 amide bonds. The molecule has 0 unspecified atom stereocenters. The third-order valence-electron chi connectivity index (χ3n) is 6.04. The number of nitrogens with one attached hydrogen (secondary N) is 2. The Kier molecular flexibility index (Phi) is 6.86. The molecule has 3 aromatic rings. The molecule has 0 radical (unpaired) electrons. The van der Waals surface area contributed by atoms with Gasteiger partial charge in [0.15, 0.2) is 0 Å². The molecule has 0 saturated carbocycles. The van der Waals surface area contributed by atoms with E-state index in [1.54, 1.807) is 0 Å². The minimum absolute atomic E-state index is 0.0357. The van der Waals surface area contributed by atoms with E-state index in [1.807, 2.05) is 50.2 Å². The topological polar surface area (TPSA) is 123 Å². The SMILES string of the molecule is CC(C)C[C@H](NC(=O)c1c(NC(=O)OCC2c3ccccc3-c3ccccc32)cnn1C)C(=O)O. The Morgan fingerprint density at radius 2 is 1.66 bits per heavy atom. The molecule has 1 aliphatic carbocycles. The molecular formula is C26H28N4O5. The van der Waals surface area contributed by atoms with Crippen molar-refractivity contribution in [3.8, 4) is 11.1 Å². The van der Waals surface area contributed by atoms with Gasteiger partial charge < -0.3 is 15.2 Å². The quantitative estimate of drug-likeness (QED) is 0.452. The fourth-order valence-electron chi connectivity index (χ4n) is 4.46. The van der Waals surface area contributed by atoms with E-state index < -0.39 is 24.0 Å². The standard InChI is InChI=1S/C26H28N4O5/c1-15(2)12-21(25(32)33)28-24(31)23-22(13-27-30(23)3)29-26(34)35-14-20-18-10-6-4-8-16(18)17-9-5-7-11-19(17)20/h4-11,13,15,20-21H,12,14H2,1-3H3,(H,28,31)(H,29,34)(H,32,33)/t21-/m0/s1. The van der Waals surface area contributed by atoms with Gasteiger partial charge in [-0.15, -0.1) is 0 Å². The van der Waals surface area contributed by atoms with Gasteiger partial charge in [0.25, 0.3) is 5.91 Å². The number of carbonyl (C=O) groups is 3. The molecule has 0 fully saturated rings. The average Bonchev–Trinajstić information content (AvgIpc) is 3.34. The number of hydrogen-bond acceptors (Lipinski definition) is 5. The second-order valence-corrected chi connectivity index (χ2v) is 8.97. The minimum Gasteiger partial charge on any atom is -0.480 e. The molecular weight excluding hydrogens is 448 g/mol. The van der Waals surface area contributed by atoms with E-state index in [1.165, 1.54) is 17.9 Å². The first-order valence-corrected chi connectivity index (χ1v) is 11.4. The Bertz CT molecular complexity index is 1220. The number of carboxylic acids is 1. The number of nitrogens with zero attached hydrogens (tertiary/aromatic N) is 2. The van der Waals surface area contributed by atoms with Gasteiger partial charge in [0.2, 0.25) is 0 Å². The van der Waals surface area contributed by atoms with Gasteiger partial charge in [0, 0.05) is 13.0 Å². The molecule has 3 N–H and O–H groups in total. The number of ether oxygens (including phenoxy) is 1. The smallest absolute Gasteiger partial charge is 0.411 e. The summed E-state index contributed by atoms with van der Waals surface area (Å²) in [7, 11) is 1.54. The fourth-order valence-corrected chi connectivity index (χ4v) is 4.46. The summed E-state index contributed by atoms with van der Waals surface area (Å²) in [6, 6.07) is 15.0. The van der Waals surface area contributed by atoms with Crippen LogP contribution >= 0.6 is 0 Å². The summed E-state index contributed by atoms with van der Waals surface area (Å²) < 4.78 is 6.83. The maximum absolute atomic E-state index is 12.8. The predicted molar refractivity (Wildman–Crippen MR) is 130 cm³/mol. The molecule has 1 aliphatic rings. The summed E-state index contributed by atoms with van der Waals surface area (Å²) in [4.78, 5) is 37.0. The fraction of sp³-hybridized carbons (Fsp3) is 0.308. The van der Waals surface area contributed by atoms with Crippen molar-refractivity contribution in [3.05, 3.63) is 71.5 Å². The van der Waals surface area contributed by atoms with Crippen molar-refractivity contribution in [3.63, 3.8) is 0 Å². The Hall–Kier alpha value is -4.14. The second-order valence-electron chi connectivity index (χ2n) is 8.97. The van der Waals surface area contributed by atoms with Crippen LogP contribution in [-0.4, -0.2) is 45.5 Å². The highest BCUT2D eigenvalue weighted by atomic mass is 16.5. The van der Waals surface area contributed by atoms with E-state index in [0.29, 0.717) is 0 Å². The van der Waals surface area contributed by atoms with Gasteiger partial charge in [-0.1, -0.05) is 62.4 Å². The summed E-state index contributed by atoms with van der Waals surface area (Å²) >= 11 is 0. The molecule has 182 valence electrons. The number of amides is 2. The van der Waals surface area contributed by atoms with E-state index in [9.17, 15) is 19.5 Å². The zero-order valence-corrected chi connectivity index (χ0v) is 19.8. The molecule has 35 heavy (non-hydrogen) atoms. The Balaban J connectivity index is 1.45. The molecule has 1 heterocycles. The number of aromatic nitrogens is 2. The zero-order chi connectivity index (χ0) is 25.1. The monoisotopic (exact) mass is 476 g/mol. The largest absolute Gasteiger partial charge is 0.480 e. The summed E-state index contributed by atoms with van der Waals surface area (Å²) in [6.07, 6.45) is 0.869. The van der Waals surface area contributed by atoms with Crippen LogP contribution in [0.25, 0.3) is 11.1 Å². The first-order valence-electron chi connectivity index (χ1n) is 11.4. The van der Waals surface area contributed by atoms with E-state index >= 15 is 0 Å². The van der Waals surface area contributed by atoms with Crippen LogP contribution in [0, 0.1) is 5.92 Å². The predicted octanol–water partition coefficient (Wildman–Crippen LogP) is 4.01. The number of hydrogen-bond donors (Lipinski definition) is 3. The van der Waals surface area contributed by atoms with Crippen LogP contribution in [0.1, 0.15) is 47.8 Å². The molecule has 0 saturated heterocycles. The lowest BCUT2D eigenvalue weighted by atomic mass is 9.98. The highest BCUT2D eigenvalue weighted by Gasteiger charge is 2.30. The van der Waals surface area contributed by atoms with Gasteiger partial charge in [-0.3, -0.25) is 14.8 Å². The minimum atomic E-state index is -1.12. The highest BCUT2D eigenvalue weighted by molar-refractivity contribution is 6.02. The molecule has 9 heteroatoms. The van der Waals surface area contributed by atoms with Crippen LogP contribution in [0.5, 0.6) is 0 Å². The van der Waals surface area contributed by atoms with Gasteiger partial charge >= 0.3 is 12.1 Å². The van der Waals surface area contributed by atoms with E-state index in [0.717, 1.165) is 22.3 Å². The lowest BCUT2D eigenvalue weighted by Crippen LogP contribution is -2.42. The number of aliphatic carboxylic acids is 1. The van der Waals surface area contributed by atoms with Crippen LogP contribution in [0.4, 0.5) is 10.5 Å². The number of anilines is 1. The Morgan fingerprint density at radius 1 is 1.06 bits per heavy atom. The van der Waals surface area contributed by atoms with Crippen molar-refractivity contribution in [2.24, 2.45) is 13.0 Å². The van der Waals surface area contributed by atoms with Crippen molar-refractivity contribution in [1.29, 1.82) is 0 Å². The lowest BCUT2D eigenvalue weighted by molar-refractivity contribution is -0.139. The van der Waals surface area contributed by atoms with Crippen molar-refractivity contribution in [2.45, 2.75) is 32.2 Å². The number of carbonyl (C=O) groups excluding carboxylic acids is 2. The van der Waals surface area contributed by atoms with Crippen LogP contribution in [0.15, 0.2) is 54.7 Å². The molecule has 4 rings (SSSR count). The van der Waals surface area contributed by atoms with Crippen molar-refractivity contribution in [2.75, 3.05) is 11.9 Å². The highest BCUT2D eigenvalue weighted by Crippen LogP contribution is 2.44. The molecule has 0 spiro atoms. The van der Waals surface area contributed by atoms with Crippen molar-refractivity contribution in [1.82, 2.24) is 15.1 Å². The summed E-state index contributed by atoms with van der Waals surface area (Å²) in [6.45, 7) is 3.86. The normalized spacial score (nSPS) is 13.1. The van der Waals surface area contributed by atoms with E-state index in [-0.39, 0.29) is 36.2 Å². The maximum Gasteiger partial charge on any atom is 0.411 e. The first-order chi connectivity index (χ1) is 16.8. The van der Waals surface area contributed by atoms with Gasteiger partial charge in [-0.2, -0.15) is 5.10 Å². The summed E-state index contributed by atoms with van der Waals surface area (Å²) in [5.74, 6) is -1.80. The Morgan fingerprint density at radius 3 is 2.23 bits per heavy atom. The number of carboxylic acid groups (broad SMARTS) is 1. The molecule has 0 bridgehead atoms. The number of aryl methyl sites for hydroxylation is 1.